The lowest BCUT2D eigenvalue weighted by Crippen LogP contribution is -2.33. The quantitative estimate of drug-likeness (QED) is 0.846. The van der Waals surface area contributed by atoms with E-state index in [0.717, 1.165) is 10.9 Å². The molecule has 0 heterocycles. The summed E-state index contributed by atoms with van der Waals surface area (Å²) in [6.07, 6.45) is 0.881. The molecule has 96 valence electrons. The molecule has 0 saturated carbocycles. The second kappa shape index (κ2) is 7.09. The lowest BCUT2D eigenvalue weighted by Gasteiger charge is -2.18. The third kappa shape index (κ3) is 5.15. The van der Waals surface area contributed by atoms with E-state index in [1.165, 1.54) is 6.07 Å². The Morgan fingerprint density at radius 2 is 2.12 bits per heavy atom. The number of aliphatic hydroxyl groups is 1. The van der Waals surface area contributed by atoms with Crippen molar-refractivity contribution in [2.45, 2.75) is 32.9 Å². The summed E-state index contributed by atoms with van der Waals surface area (Å²) < 4.78 is 14.3. The van der Waals surface area contributed by atoms with Crippen LogP contribution in [0.3, 0.4) is 0 Å². The first-order valence-electron chi connectivity index (χ1n) is 5.81. The molecular formula is C13H19BrFNO. The zero-order chi connectivity index (χ0) is 12.8. The van der Waals surface area contributed by atoms with Crippen molar-refractivity contribution in [1.29, 1.82) is 0 Å². The summed E-state index contributed by atoms with van der Waals surface area (Å²) in [6.45, 7) is 4.71. The van der Waals surface area contributed by atoms with E-state index < -0.39 is 0 Å². The van der Waals surface area contributed by atoms with Crippen molar-refractivity contribution < 1.29 is 9.50 Å². The van der Waals surface area contributed by atoms with Crippen molar-refractivity contribution in [3.8, 4) is 0 Å². The standard InChI is InChI=1S/C13H19BrFNO/c1-9(2)5-12(8-17)16-7-10-6-11(14)3-4-13(10)15/h3-4,6,9,12,16-17H,5,7-8H2,1-2H3. The van der Waals surface area contributed by atoms with Gasteiger partial charge in [-0.05, 0) is 30.5 Å². The maximum atomic E-state index is 13.5. The molecule has 2 nitrogen and oxygen atoms in total. The van der Waals surface area contributed by atoms with E-state index in [-0.39, 0.29) is 18.5 Å². The Balaban J connectivity index is 2.56. The topological polar surface area (TPSA) is 32.3 Å². The van der Waals surface area contributed by atoms with Crippen LogP contribution in [0.4, 0.5) is 4.39 Å². The van der Waals surface area contributed by atoms with Gasteiger partial charge in [-0.25, -0.2) is 4.39 Å². The smallest absolute Gasteiger partial charge is 0.127 e. The number of benzene rings is 1. The SMILES string of the molecule is CC(C)CC(CO)NCc1cc(Br)ccc1F. The van der Waals surface area contributed by atoms with E-state index in [2.05, 4.69) is 35.1 Å². The first kappa shape index (κ1) is 14.6. The van der Waals surface area contributed by atoms with E-state index in [9.17, 15) is 9.50 Å². The van der Waals surface area contributed by atoms with Crippen molar-refractivity contribution in [3.05, 3.63) is 34.1 Å². The monoisotopic (exact) mass is 303 g/mol. The van der Waals surface area contributed by atoms with E-state index in [0.29, 0.717) is 18.0 Å². The summed E-state index contributed by atoms with van der Waals surface area (Å²) in [5.41, 5.74) is 0.613. The molecule has 0 fully saturated rings. The van der Waals surface area contributed by atoms with Crippen molar-refractivity contribution in [2.75, 3.05) is 6.61 Å². The van der Waals surface area contributed by atoms with E-state index >= 15 is 0 Å². The zero-order valence-electron chi connectivity index (χ0n) is 10.2. The van der Waals surface area contributed by atoms with E-state index in [1.807, 2.05) is 0 Å². The summed E-state index contributed by atoms with van der Waals surface area (Å²) in [5, 5.41) is 12.4. The number of aliphatic hydroxyl groups excluding tert-OH is 1. The van der Waals surface area contributed by atoms with Gasteiger partial charge in [-0.3, -0.25) is 0 Å². The molecule has 0 radical (unpaired) electrons. The summed E-state index contributed by atoms with van der Waals surface area (Å²) in [5.74, 6) is 0.286. The molecule has 1 unspecified atom stereocenters. The summed E-state index contributed by atoms with van der Waals surface area (Å²) >= 11 is 3.32. The molecule has 0 aliphatic carbocycles. The minimum Gasteiger partial charge on any atom is -0.395 e. The molecule has 0 aliphatic heterocycles. The van der Waals surface area contributed by atoms with Crippen LogP contribution in [-0.4, -0.2) is 17.8 Å². The Hall–Kier alpha value is -0.450. The predicted octanol–water partition coefficient (Wildman–Crippen LogP) is 3.08. The second-order valence-corrected chi connectivity index (χ2v) is 5.54. The normalized spacial score (nSPS) is 13.1. The van der Waals surface area contributed by atoms with Crippen LogP contribution in [0.25, 0.3) is 0 Å². The zero-order valence-corrected chi connectivity index (χ0v) is 11.8. The number of hydrogen-bond acceptors (Lipinski definition) is 2. The van der Waals surface area contributed by atoms with Crippen LogP contribution in [0.1, 0.15) is 25.8 Å². The van der Waals surface area contributed by atoms with Crippen LogP contribution in [0.2, 0.25) is 0 Å². The van der Waals surface area contributed by atoms with Crippen LogP contribution in [0.5, 0.6) is 0 Å². The highest BCUT2D eigenvalue weighted by Gasteiger charge is 2.10. The predicted molar refractivity (Wildman–Crippen MR) is 71.3 cm³/mol. The van der Waals surface area contributed by atoms with E-state index in [4.69, 9.17) is 0 Å². The van der Waals surface area contributed by atoms with Gasteiger partial charge in [-0.1, -0.05) is 29.8 Å². The molecule has 17 heavy (non-hydrogen) atoms. The molecule has 4 heteroatoms. The number of halogens is 2. The average molecular weight is 304 g/mol. The molecule has 1 aromatic rings. The average Bonchev–Trinajstić information content (AvgIpc) is 2.28. The molecular weight excluding hydrogens is 285 g/mol. The molecule has 2 N–H and O–H groups in total. The van der Waals surface area contributed by atoms with Crippen LogP contribution in [-0.2, 0) is 6.54 Å². The van der Waals surface area contributed by atoms with Crippen molar-refractivity contribution in [1.82, 2.24) is 5.32 Å². The summed E-state index contributed by atoms with van der Waals surface area (Å²) in [6, 6.07) is 4.90. The fourth-order valence-corrected chi connectivity index (χ4v) is 2.13. The Bertz CT molecular complexity index is 357. The van der Waals surface area contributed by atoms with Crippen molar-refractivity contribution >= 4 is 15.9 Å². The van der Waals surface area contributed by atoms with Gasteiger partial charge in [0, 0.05) is 22.6 Å². The molecule has 0 saturated heterocycles. The van der Waals surface area contributed by atoms with Crippen molar-refractivity contribution in [2.24, 2.45) is 5.92 Å². The minimum atomic E-state index is -0.220. The fourth-order valence-electron chi connectivity index (χ4n) is 1.72. The minimum absolute atomic E-state index is 0.0216. The van der Waals surface area contributed by atoms with Gasteiger partial charge in [0.25, 0.3) is 0 Å². The highest BCUT2D eigenvalue weighted by Crippen LogP contribution is 2.16. The maximum Gasteiger partial charge on any atom is 0.127 e. The highest BCUT2D eigenvalue weighted by molar-refractivity contribution is 9.10. The van der Waals surface area contributed by atoms with Crippen LogP contribution in [0, 0.1) is 11.7 Å². The largest absolute Gasteiger partial charge is 0.395 e. The first-order valence-corrected chi connectivity index (χ1v) is 6.60. The maximum absolute atomic E-state index is 13.5. The molecule has 0 amide bonds. The lowest BCUT2D eigenvalue weighted by atomic mass is 10.0. The Labute approximate surface area is 110 Å². The third-order valence-corrected chi connectivity index (χ3v) is 3.06. The van der Waals surface area contributed by atoms with E-state index in [1.54, 1.807) is 12.1 Å². The fraction of sp³-hybridized carbons (Fsp3) is 0.538. The number of nitrogens with one attached hydrogen (secondary N) is 1. The molecule has 0 aliphatic rings. The number of rotatable bonds is 6. The summed E-state index contributed by atoms with van der Waals surface area (Å²) in [7, 11) is 0. The molecule has 1 aromatic carbocycles. The Kier molecular flexibility index (Phi) is 6.09. The van der Waals surface area contributed by atoms with Gasteiger partial charge < -0.3 is 10.4 Å². The summed E-state index contributed by atoms with van der Waals surface area (Å²) in [4.78, 5) is 0. The molecule has 1 rings (SSSR count). The van der Waals surface area contributed by atoms with Gasteiger partial charge >= 0.3 is 0 Å². The van der Waals surface area contributed by atoms with Gasteiger partial charge in [0.15, 0.2) is 0 Å². The molecule has 1 atom stereocenters. The number of hydrogen-bond donors (Lipinski definition) is 2. The lowest BCUT2D eigenvalue weighted by molar-refractivity contribution is 0.223. The van der Waals surface area contributed by atoms with Gasteiger partial charge in [0.05, 0.1) is 6.61 Å². The van der Waals surface area contributed by atoms with Crippen LogP contribution >= 0.6 is 15.9 Å². The van der Waals surface area contributed by atoms with Gasteiger partial charge in [0.2, 0.25) is 0 Å². The third-order valence-electron chi connectivity index (χ3n) is 2.57. The second-order valence-electron chi connectivity index (χ2n) is 4.63. The Morgan fingerprint density at radius 3 is 2.71 bits per heavy atom. The van der Waals surface area contributed by atoms with Crippen molar-refractivity contribution in [3.63, 3.8) is 0 Å². The molecule has 0 aromatic heterocycles. The Morgan fingerprint density at radius 1 is 1.41 bits per heavy atom. The van der Waals surface area contributed by atoms with Gasteiger partial charge in [0.1, 0.15) is 5.82 Å². The molecule has 0 spiro atoms. The van der Waals surface area contributed by atoms with Crippen LogP contribution in [0.15, 0.2) is 22.7 Å². The highest BCUT2D eigenvalue weighted by atomic mass is 79.9. The van der Waals surface area contributed by atoms with Gasteiger partial charge in [-0.15, -0.1) is 0 Å². The van der Waals surface area contributed by atoms with Gasteiger partial charge in [-0.2, -0.15) is 0 Å². The van der Waals surface area contributed by atoms with Crippen LogP contribution < -0.4 is 5.32 Å². The molecule has 0 bridgehead atoms. The first-order chi connectivity index (χ1) is 8.02.